The van der Waals surface area contributed by atoms with Gasteiger partial charge < -0.3 is 10.2 Å². The summed E-state index contributed by atoms with van der Waals surface area (Å²) in [6.07, 6.45) is 8.26. The minimum absolute atomic E-state index is 0.434. The van der Waals surface area contributed by atoms with E-state index in [0.29, 0.717) is 11.5 Å². The Labute approximate surface area is 179 Å². The van der Waals surface area contributed by atoms with Crippen molar-refractivity contribution in [2.75, 3.05) is 14.1 Å². The lowest BCUT2D eigenvalue weighted by atomic mass is 9.83. The van der Waals surface area contributed by atoms with Crippen molar-refractivity contribution in [2.45, 2.75) is 78.7 Å². The highest BCUT2D eigenvalue weighted by atomic mass is 15.1. The van der Waals surface area contributed by atoms with Crippen LogP contribution >= 0.6 is 0 Å². The lowest BCUT2D eigenvalue weighted by molar-refractivity contribution is 0.254. The maximum Gasteiger partial charge on any atom is 0.0329 e. The first kappa shape index (κ1) is 23.3. The first-order valence-electron chi connectivity index (χ1n) is 11.2. The number of piperidine rings is 1. The smallest absolute Gasteiger partial charge is 0.0329 e. The van der Waals surface area contributed by atoms with Crippen LogP contribution < -0.4 is 5.32 Å². The quantitative estimate of drug-likeness (QED) is 0.504. The predicted molar refractivity (Wildman–Crippen MR) is 128 cm³/mol. The molecule has 0 aliphatic carbocycles. The Morgan fingerprint density at radius 3 is 2.52 bits per heavy atom. The van der Waals surface area contributed by atoms with Crippen molar-refractivity contribution < 1.29 is 0 Å². The van der Waals surface area contributed by atoms with Crippen LogP contribution in [0.4, 0.5) is 0 Å². The molecular weight excluding hydrogens is 352 g/mol. The molecule has 1 aromatic carbocycles. The zero-order valence-electron chi connectivity index (χ0n) is 19.7. The van der Waals surface area contributed by atoms with Crippen LogP contribution in [0.1, 0.15) is 70.9 Å². The van der Waals surface area contributed by atoms with Crippen LogP contribution in [0.3, 0.4) is 0 Å². The Morgan fingerprint density at radius 1 is 1.24 bits per heavy atom. The van der Waals surface area contributed by atoms with Gasteiger partial charge in [0.1, 0.15) is 0 Å². The molecule has 1 fully saturated rings. The molecule has 0 saturated carbocycles. The lowest BCUT2D eigenvalue weighted by Crippen LogP contribution is -2.36. The number of nitrogens with zero attached hydrogens (tertiary/aromatic N) is 1. The highest BCUT2D eigenvalue weighted by Gasteiger charge is 2.25. The molecule has 0 spiro atoms. The summed E-state index contributed by atoms with van der Waals surface area (Å²) in [7, 11) is 4.13. The van der Waals surface area contributed by atoms with Gasteiger partial charge in [-0.1, -0.05) is 64.6 Å². The van der Waals surface area contributed by atoms with E-state index in [1.807, 2.05) is 7.05 Å². The van der Waals surface area contributed by atoms with Gasteiger partial charge in [-0.3, -0.25) is 0 Å². The van der Waals surface area contributed by atoms with Crippen molar-refractivity contribution in [1.29, 1.82) is 0 Å². The first-order chi connectivity index (χ1) is 13.7. The topological polar surface area (TPSA) is 15.3 Å². The number of hydrogen-bond acceptors (Lipinski definition) is 2. The molecule has 0 amide bonds. The van der Waals surface area contributed by atoms with Crippen molar-refractivity contribution in [3.63, 3.8) is 0 Å². The summed E-state index contributed by atoms with van der Waals surface area (Å²) in [6.45, 7) is 17.7. The number of rotatable bonds is 9. The summed E-state index contributed by atoms with van der Waals surface area (Å²) < 4.78 is 0. The number of likely N-dealkylation sites (tertiary alicyclic amines) is 1. The molecule has 160 valence electrons. The molecule has 1 aliphatic heterocycles. The average molecular weight is 395 g/mol. The Bertz CT molecular complexity index is 754. The van der Waals surface area contributed by atoms with Crippen molar-refractivity contribution in [3.05, 3.63) is 71.1 Å². The zero-order valence-corrected chi connectivity index (χ0v) is 19.7. The third kappa shape index (κ3) is 6.26. The molecule has 1 unspecified atom stereocenters. The number of hydrogen-bond donors (Lipinski definition) is 1. The molecule has 1 N–H and O–H groups in total. The first-order valence-corrected chi connectivity index (χ1v) is 11.2. The van der Waals surface area contributed by atoms with Crippen LogP contribution in [-0.4, -0.2) is 25.0 Å². The number of nitrogens with one attached hydrogen (secondary N) is 1. The van der Waals surface area contributed by atoms with Crippen molar-refractivity contribution >= 4 is 0 Å². The molecule has 1 heterocycles. The van der Waals surface area contributed by atoms with Gasteiger partial charge in [0.25, 0.3) is 0 Å². The molecule has 0 bridgehead atoms. The maximum absolute atomic E-state index is 4.39. The summed E-state index contributed by atoms with van der Waals surface area (Å²) in [6, 6.07) is 9.80. The standard InChI is InChI=1S/C27H42N2/c1-9-27(5,6)18-17-24-12-10-11-23(19-24)13-14-25-15-16-26(22(4)29(25)8)20(2)21(3)28-7/h10-12,19,25,28H,3-4,9,13-18H2,1-2,5-8H3/b26-20-. The summed E-state index contributed by atoms with van der Waals surface area (Å²) >= 11 is 0. The van der Waals surface area contributed by atoms with Crippen molar-refractivity contribution in [3.8, 4) is 0 Å². The molecule has 29 heavy (non-hydrogen) atoms. The Balaban J connectivity index is 1.96. The summed E-state index contributed by atoms with van der Waals surface area (Å²) in [5, 5.41) is 3.17. The zero-order chi connectivity index (χ0) is 21.6. The van der Waals surface area contributed by atoms with Crippen LogP contribution in [0, 0.1) is 5.41 Å². The van der Waals surface area contributed by atoms with Crippen LogP contribution in [0.15, 0.2) is 60.0 Å². The van der Waals surface area contributed by atoms with Crippen molar-refractivity contribution in [1.82, 2.24) is 10.2 Å². The summed E-state index contributed by atoms with van der Waals surface area (Å²) in [5.74, 6) is 0. The summed E-state index contributed by atoms with van der Waals surface area (Å²) in [5.41, 5.74) is 8.13. The van der Waals surface area contributed by atoms with Gasteiger partial charge in [-0.05, 0) is 73.1 Å². The van der Waals surface area contributed by atoms with E-state index in [2.05, 4.69) is 82.4 Å². The normalized spacial score (nSPS) is 19.3. The number of aryl methyl sites for hydroxylation is 2. The highest BCUT2D eigenvalue weighted by Crippen LogP contribution is 2.34. The van der Waals surface area contributed by atoms with Gasteiger partial charge in [0, 0.05) is 31.5 Å². The fourth-order valence-corrected chi connectivity index (χ4v) is 4.13. The number of benzene rings is 1. The molecule has 0 aromatic heterocycles. The molecule has 2 rings (SSSR count). The van der Waals surface area contributed by atoms with Gasteiger partial charge in [-0.25, -0.2) is 0 Å². The second-order valence-electron chi connectivity index (χ2n) is 9.46. The minimum Gasteiger partial charge on any atom is -0.388 e. The Kier molecular flexibility index (Phi) is 8.19. The summed E-state index contributed by atoms with van der Waals surface area (Å²) in [4.78, 5) is 2.39. The molecule has 0 radical (unpaired) electrons. The highest BCUT2D eigenvalue weighted by molar-refractivity contribution is 5.42. The van der Waals surface area contributed by atoms with Crippen molar-refractivity contribution in [2.24, 2.45) is 5.41 Å². The second kappa shape index (κ2) is 10.2. The lowest BCUT2D eigenvalue weighted by Gasteiger charge is -2.38. The third-order valence-electron chi connectivity index (χ3n) is 7.06. The number of allylic oxidation sites excluding steroid dienone is 2. The molecule has 1 saturated heterocycles. The van der Waals surface area contributed by atoms with Gasteiger partial charge in [-0.15, -0.1) is 0 Å². The van der Waals surface area contributed by atoms with Gasteiger partial charge in [0.2, 0.25) is 0 Å². The molecule has 2 nitrogen and oxygen atoms in total. The van der Waals surface area contributed by atoms with Crippen LogP contribution in [-0.2, 0) is 12.8 Å². The molecule has 1 atom stereocenters. The van der Waals surface area contributed by atoms with Crippen LogP contribution in [0.5, 0.6) is 0 Å². The van der Waals surface area contributed by atoms with E-state index in [9.17, 15) is 0 Å². The van der Waals surface area contributed by atoms with E-state index >= 15 is 0 Å². The predicted octanol–water partition coefficient (Wildman–Crippen LogP) is 6.65. The van der Waals surface area contributed by atoms with E-state index in [-0.39, 0.29) is 0 Å². The minimum atomic E-state index is 0.434. The number of likely N-dealkylation sites (N-methyl/N-ethyl adjacent to an activating group) is 2. The molecule has 2 heteroatoms. The Morgan fingerprint density at radius 2 is 1.90 bits per heavy atom. The van der Waals surface area contributed by atoms with Crippen LogP contribution in [0.2, 0.25) is 0 Å². The van der Waals surface area contributed by atoms with Gasteiger partial charge >= 0.3 is 0 Å². The fourth-order valence-electron chi connectivity index (χ4n) is 4.13. The second-order valence-corrected chi connectivity index (χ2v) is 9.46. The van der Waals surface area contributed by atoms with E-state index in [4.69, 9.17) is 0 Å². The fraction of sp³-hybridized carbons (Fsp3) is 0.556. The van der Waals surface area contributed by atoms with Gasteiger partial charge in [0.15, 0.2) is 0 Å². The van der Waals surface area contributed by atoms with Gasteiger partial charge in [0.05, 0.1) is 0 Å². The van der Waals surface area contributed by atoms with E-state index in [0.717, 1.165) is 24.2 Å². The van der Waals surface area contributed by atoms with E-state index in [1.165, 1.54) is 54.4 Å². The Hall–Kier alpha value is -1.96. The molecule has 1 aliphatic rings. The maximum atomic E-state index is 4.39. The third-order valence-corrected chi connectivity index (χ3v) is 7.06. The average Bonchev–Trinajstić information content (AvgIpc) is 2.72. The largest absolute Gasteiger partial charge is 0.388 e. The van der Waals surface area contributed by atoms with Crippen LogP contribution in [0.25, 0.3) is 0 Å². The molecular formula is C27H42N2. The SMILES string of the molecule is C=C(NC)/C(C)=C1/CCC(CCc2cccc(CCC(C)(C)CC)c2)N(C)C1=C. The monoisotopic (exact) mass is 394 g/mol. The van der Waals surface area contributed by atoms with E-state index < -0.39 is 0 Å². The van der Waals surface area contributed by atoms with Gasteiger partial charge in [-0.2, -0.15) is 0 Å². The molecule has 1 aromatic rings. The van der Waals surface area contributed by atoms with E-state index in [1.54, 1.807) is 0 Å².